The Kier molecular flexibility index (Phi) is 3.79. The summed E-state index contributed by atoms with van der Waals surface area (Å²) in [6.07, 6.45) is 0. The molecule has 0 fully saturated rings. The monoisotopic (exact) mass is 255 g/mol. The van der Waals surface area contributed by atoms with Crippen LogP contribution in [0.25, 0.3) is 0 Å². The first-order chi connectivity index (χ1) is 8.99. The maximum atomic E-state index is 5.99. The molecule has 0 spiro atoms. The highest BCUT2D eigenvalue weighted by Gasteiger charge is 2.07. The van der Waals surface area contributed by atoms with Crippen LogP contribution in [0.5, 0.6) is 5.75 Å². The Hall–Kier alpha value is -1.96. The molecule has 100 valence electrons. The number of aryl methyl sites for hydroxylation is 3. The highest BCUT2D eigenvalue weighted by Crippen LogP contribution is 2.26. The maximum Gasteiger partial charge on any atom is 0.125 e. The zero-order valence-corrected chi connectivity index (χ0v) is 12.1. The summed E-state index contributed by atoms with van der Waals surface area (Å²) < 4.78 is 5.99. The molecule has 2 nitrogen and oxygen atoms in total. The summed E-state index contributed by atoms with van der Waals surface area (Å²) >= 11 is 0. The number of nitrogen functional groups attached to an aromatic ring is 1. The zero-order chi connectivity index (χ0) is 14.0. The van der Waals surface area contributed by atoms with Crippen LogP contribution in [0.4, 0.5) is 5.69 Å². The van der Waals surface area contributed by atoms with Crippen LogP contribution in [0.2, 0.25) is 0 Å². The molecule has 0 aliphatic rings. The summed E-state index contributed by atoms with van der Waals surface area (Å²) in [6.45, 7) is 8.86. The third-order valence-electron chi connectivity index (χ3n) is 3.46. The van der Waals surface area contributed by atoms with Gasteiger partial charge in [0.2, 0.25) is 0 Å². The predicted octanol–water partition coefficient (Wildman–Crippen LogP) is 4.08. The van der Waals surface area contributed by atoms with E-state index < -0.39 is 0 Å². The quantitative estimate of drug-likeness (QED) is 0.839. The Balaban J connectivity index is 2.22. The van der Waals surface area contributed by atoms with E-state index in [4.69, 9.17) is 10.5 Å². The van der Waals surface area contributed by atoms with E-state index in [1.165, 1.54) is 16.7 Å². The maximum absolute atomic E-state index is 5.99. The van der Waals surface area contributed by atoms with Crippen molar-refractivity contribution in [2.24, 2.45) is 0 Å². The summed E-state index contributed by atoms with van der Waals surface area (Å²) in [5.74, 6) is 0.979. The van der Waals surface area contributed by atoms with E-state index in [-0.39, 0.29) is 0 Å². The van der Waals surface area contributed by atoms with E-state index in [1.807, 2.05) is 19.1 Å². The van der Waals surface area contributed by atoms with Crippen molar-refractivity contribution >= 4 is 5.69 Å². The molecule has 0 unspecified atom stereocenters. The van der Waals surface area contributed by atoms with Crippen molar-refractivity contribution in [1.29, 1.82) is 0 Å². The van der Waals surface area contributed by atoms with Crippen molar-refractivity contribution in [3.8, 4) is 5.75 Å². The molecule has 0 aliphatic carbocycles. The standard InChI is InChI=1S/C17H21NO/c1-11-8-12(2)17(13(3)9-11)19-10-15-6-5-7-16(18)14(15)4/h5-9H,10,18H2,1-4H3. The Morgan fingerprint density at radius 3 is 2.26 bits per heavy atom. The van der Waals surface area contributed by atoms with E-state index in [2.05, 4.69) is 39.0 Å². The molecule has 0 amide bonds. The highest BCUT2D eigenvalue weighted by molar-refractivity contribution is 5.50. The molecule has 2 N–H and O–H groups in total. The average Bonchev–Trinajstić information content (AvgIpc) is 2.33. The van der Waals surface area contributed by atoms with Gasteiger partial charge in [-0.1, -0.05) is 29.8 Å². The third kappa shape index (κ3) is 2.90. The Morgan fingerprint density at radius 2 is 1.63 bits per heavy atom. The van der Waals surface area contributed by atoms with Crippen molar-refractivity contribution in [3.05, 3.63) is 58.1 Å². The number of ether oxygens (including phenoxy) is 1. The van der Waals surface area contributed by atoms with Gasteiger partial charge in [0.1, 0.15) is 12.4 Å². The summed E-state index contributed by atoms with van der Waals surface area (Å²) in [5, 5.41) is 0. The molecule has 0 saturated carbocycles. The third-order valence-corrected chi connectivity index (χ3v) is 3.46. The van der Waals surface area contributed by atoms with Crippen molar-refractivity contribution in [2.45, 2.75) is 34.3 Å². The van der Waals surface area contributed by atoms with E-state index in [0.29, 0.717) is 6.61 Å². The molecule has 0 atom stereocenters. The average molecular weight is 255 g/mol. The molecule has 0 bridgehead atoms. The second-order valence-corrected chi connectivity index (χ2v) is 5.15. The van der Waals surface area contributed by atoms with Crippen molar-refractivity contribution < 1.29 is 4.74 Å². The van der Waals surface area contributed by atoms with E-state index in [0.717, 1.165) is 22.6 Å². The largest absolute Gasteiger partial charge is 0.488 e. The van der Waals surface area contributed by atoms with Gasteiger partial charge in [-0.25, -0.2) is 0 Å². The fourth-order valence-corrected chi connectivity index (χ4v) is 2.40. The first kappa shape index (κ1) is 13.5. The van der Waals surface area contributed by atoms with Gasteiger partial charge in [-0.15, -0.1) is 0 Å². The Morgan fingerprint density at radius 1 is 1.00 bits per heavy atom. The molecule has 0 saturated heterocycles. The van der Waals surface area contributed by atoms with Gasteiger partial charge >= 0.3 is 0 Å². The van der Waals surface area contributed by atoms with E-state index in [1.54, 1.807) is 0 Å². The number of anilines is 1. The molecule has 2 aromatic carbocycles. The van der Waals surface area contributed by atoms with Gasteiger partial charge in [-0.05, 0) is 56.0 Å². The van der Waals surface area contributed by atoms with Crippen LogP contribution in [-0.4, -0.2) is 0 Å². The number of benzene rings is 2. The fraction of sp³-hybridized carbons (Fsp3) is 0.294. The van der Waals surface area contributed by atoms with Crippen LogP contribution in [0.15, 0.2) is 30.3 Å². The van der Waals surface area contributed by atoms with Gasteiger partial charge in [0.25, 0.3) is 0 Å². The number of nitrogens with two attached hydrogens (primary N) is 1. The first-order valence-electron chi connectivity index (χ1n) is 6.53. The van der Waals surface area contributed by atoms with Crippen molar-refractivity contribution in [2.75, 3.05) is 5.73 Å². The molecular weight excluding hydrogens is 234 g/mol. The molecule has 2 heteroatoms. The minimum atomic E-state index is 0.557. The smallest absolute Gasteiger partial charge is 0.125 e. The molecule has 0 aliphatic heterocycles. The van der Waals surface area contributed by atoms with Crippen LogP contribution in [0.3, 0.4) is 0 Å². The highest BCUT2D eigenvalue weighted by atomic mass is 16.5. The second-order valence-electron chi connectivity index (χ2n) is 5.15. The topological polar surface area (TPSA) is 35.2 Å². The van der Waals surface area contributed by atoms with Crippen LogP contribution >= 0.6 is 0 Å². The molecular formula is C17H21NO. The summed E-state index contributed by atoms with van der Waals surface area (Å²) in [7, 11) is 0. The normalized spacial score (nSPS) is 10.5. The van der Waals surface area contributed by atoms with Crippen LogP contribution in [0, 0.1) is 27.7 Å². The number of hydrogen-bond donors (Lipinski definition) is 1. The van der Waals surface area contributed by atoms with E-state index >= 15 is 0 Å². The lowest BCUT2D eigenvalue weighted by atomic mass is 10.1. The van der Waals surface area contributed by atoms with Crippen molar-refractivity contribution in [3.63, 3.8) is 0 Å². The summed E-state index contributed by atoms with van der Waals surface area (Å²) in [5.41, 5.74) is 12.6. The first-order valence-corrected chi connectivity index (χ1v) is 6.53. The van der Waals surface area contributed by atoms with Gasteiger partial charge in [-0.3, -0.25) is 0 Å². The van der Waals surface area contributed by atoms with Gasteiger partial charge in [0.05, 0.1) is 0 Å². The lowest BCUT2D eigenvalue weighted by molar-refractivity contribution is 0.301. The predicted molar refractivity (Wildman–Crippen MR) is 80.6 cm³/mol. The molecule has 0 radical (unpaired) electrons. The van der Waals surface area contributed by atoms with Gasteiger partial charge < -0.3 is 10.5 Å². The van der Waals surface area contributed by atoms with Gasteiger partial charge in [0.15, 0.2) is 0 Å². The Bertz CT molecular complexity index is 579. The molecule has 2 aromatic rings. The van der Waals surface area contributed by atoms with Gasteiger partial charge in [0, 0.05) is 5.69 Å². The SMILES string of the molecule is Cc1cc(C)c(OCc2cccc(N)c2C)c(C)c1. The van der Waals surface area contributed by atoms with Crippen molar-refractivity contribution in [1.82, 2.24) is 0 Å². The van der Waals surface area contributed by atoms with Crippen LogP contribution < -0.4 is 10.5 Å². The van der Waals surface area contributed by atoms with Crippen LogP contribution in [-0.2, 0) is 6.61 Å². The molecule has 2 rings (SSSR count). The minimum absolute atomic E-state index is 0.557. The summed E-state index contributed by atoms with van der Waals surface area (Å²) in [6, 6.07) is 10.2. The number of hydrogen-bond acceptors (Lipinski definition) is 2. The fourth-order valence-electron chi connectivity index (χ4n) is 2.40. The zero-order valence-electron chi connectivity index (χ0n) is 12.1. The molecule has 19 heavy (non-hydrogen) atoms. The van der Waals surface area contributed by atoms with E-state index in [9.17, 15) is 0 Å². The second kappa shape index (κ2) is 5.35. The minimum Gasteiger partial charge on any atom is -0.488 e. The lowest BCUT2D eigenvalue weighted by Crippen LogP contribution is -2.02. The van der Waals surface area contributed by atoms with Gasteiger partial charge in [-0.2, -0.15) is 0 Å². The number of rotatable bonds is 3. The Labute approximate surface area is 115 Å². The lowest BCUT2D eigenvalue weighted by Gasteiger charge is -2.15. The summed E-state index contributed by atoms with van der Waals surface area (Å²) in [4.78, 5) is 0. The molecule has 0 aromatic heterocycles. The van der Waals surface area contributed by atoms with Crippen LogP contribution in [0.1, 0.15) is 27.8 Å². The molecule has 0 heterocycles.